The van der Waals surface area contributed by atoms with E-state index in [1.54, 1.807) is 0 Å². The molecule has 7 heteroatoms. The minimum atomic E-state index is -4.36. The van der Waals surface area contributed by atoms with Crippen LogP contribution in [0.4, 0.5) is 19.0 Å². The highest BCUT2D eigenvalue weighted by Gasteiger charge is 2.35. The molecular weight excluding hydrogens is 389 g/mol. The first kappa shape index (κ1) is 20.2. The number of nitrogens with zero attached hydrogens (tertiary/aromatic N) is 4. The van der Waals surface area contributed by atoms with Crippen LogP contribution in [-0.4, -0.2) is 47.6 Å². The SMILES string of the molecule is CC1=C(C)C(N2CCN(c3ccc(C(F)(F)F)cn3)CC2)=[N+]=C1Cc1ccccc1. The van der Waals surface area contributed by atoms with Crippen LogP contribution in [0.25, 0.3) is 0 Å². The Balaban J connectivity index is 1.45. The van der Waals surface area contributed by atoms with Crippen molar-refractivity contribution >= 4 is 17.4 Å². The fourth-order valence-corrected chi connectivity index (χ4v) is 3.84. The second-order valence-electron chi connectivity index (χ2n) is 7.67. The summed E-state index contributed by atoms with van der Waals surface area (Å²) in [6, 6.07) is 12.9. The molecule has 0 aliphatic carbocycles. The highest BCUT2D eigenvalue weighted by Crippen LogP contribution is 2.29. The van der Waals surface area contributed by atoms with E-state index >= 15 is 0 Å². The Morgan fingerprint density at radius 3 is 2.17 bits per heavy atom. The smallest absolute Gasteiger partial charge is 0.349 e. The maximum atomic E-state index is 12.7. The Bertz CT molecular complexity index is 1010. The van der Waals surface area contributed by atoms with Gasteiger partial charge in [0.2, 0.25) is 5.71 Å². The van der Waals surface area contributed by atoms with Gasteiger partial charge in [-0.1, -0.05) is 30.3 Å². The van der Waals surface area contributed by atoms with Crippen molar-refractivity contribution in [3.05, 3.63) is 70.9 Å². The van der Waals surface area contributed by atoms with Crippen molar-refractivity contribution in [3.63, 3.8) is 0 Å². The summed E-state index contributed by atoms with van der Waals surface area (Å²) in [7, 11) is 0. The summed E-state index contributed by atoms with van der Waals surface area (Å²) in [4.78, 5) is 8.30. The molecule has 1 aromatic carbocycles. The normalized spacial score (nSPS) is 17.4. The van der Waals surface area contributed by atoms with Gasteiger partial charge in [-0.25, -0.2) is 14.6 Å². The summed E-state index contributed by atoms with van der Waals surface area (Å²) in [5.41, 5.74) is 4.04. The lowest BCUT2D eigenvalue weighted by molar-refractivity contribution is -0.137. The number of amidine groups is 1. The molecular formula is C23H24F3N4+. The number of pyridine rings is 1. The first-order valence-corrected chi connectivity index (χ1v) is 10.0. The molecule has 0 N–H and O–H groups in total. The van der Waals surface area contributed by atoms with Gasteiger partial charge in [-0.05, 0) is 31.5 Å². The number of allylic oxidation sites excluding steroid dienone is 1. The zero-order valence-electron chi connectivity index (χ0n) is 17.1. The van der Waals surface area contributed by atoms with Crippen LogP contribution in [0.5, 0.6) is 0 Å². The number of hydrogen-bond donors (Lipinski definition) is 0. The first-order valence-electron chi connectivity index (χ1n) is 10.0. The molecule has 2 aromatic rings. The number of alkyl halides is 3. The molecule has 1 saturated heterocycles. The minimum absolute atomic E-state index is 0.579. The van der Waals surface area contributed by atoms with Gasteiger partial charge >= 0.3 is 12.0 Å². The van der Waals surface area contributed by atoms with Crippen LogP contribution < -0.4 is 9.57 Å². The number of rotatable bonds is 3. The minimum Gasteiger partial charge on any atom is -0.349 e. The molecule has 0 amide bonds. The summed E-state index contributed by atoms with van der Waals surface area (Å²) < 4.78 is 43.2. The summed E-state index contributed by atoms with van der Waals surface area (Å²) in [5.74, 6) is 1.59. The van der Waals surface area contributed by atoms with E-state index in [4.69, 9.17) is 4.67 Å². The van der Waals surface area contributed by atoms with Crippen molar-refractivity contribution in [1.29, 1.82) is 0 Å². The summed E-state index contributed by atoms with van der Waals surface area (Å²) in [5, 5.41) is 0. The van der Waals surface area contributed by atoms with Gasteiger partial charge in [-0.2, -0.15) is 13.2 Å². The highest BCUT2D eigenvalue weighted by molar-refractivity contribution is 6.16. The predicted molar refractivity (Wildman–Crippen MR) is 114 cm³/mol. The number of benzene rings is 1. The second kappa shape index (κ2) is 8.00. The van der Waals surface area contributed by atoms with Gasteiger partial charge in [0, 0.05) is 11.8 Å². The van der Waals surface area contributed by atoms with Crippen LogP contribution in [0, 0.1) is 0 Å². The molecule has 0 bridgehead atoms. The summed E-state index contributed by atoms with van der Waals surface area (Å²) >= 11 is 0. The van der Waals surface area contributed by atoms with E-state index in [1.165, 1.54) is 22.8 Å². The number of hydrogen-bond acceptors (Lipinski definition) is 3. The molecule has 4 nitrogen and oxygen atoms in total. The predicted octanol–water partition coefficient (Wildman–Crippen LogP) is 3.72. The van der Waals surface area contributed by atoms with E-state index in [2.05, 4.69) is 35.9 Å². The molecule has 0 unspecified atom stereocenters. The van der Waals surface area contributed by atoms with E-state index < -0.39 is 11.7 Å². The van der Waals surface area contributed by atoms with Crippen molar-refractivity contribution in [3.8, 4) is 0 Å². The standard InChI is InChI=1S/C23H24F3N4/c1-16-17(2)22(28-20(16)14-18-6-4-3-5-7-18)30-12-10-29(11-13-30)21-9-8-19(15-27-21)23(24,25)26/h3-9,15H,10-14H2,1-2H3/q+1. The maximum absolute atomic E-state index is 12.7. The van der Waals surface area contributed by atoms with E-state index in [0.29, 0.717) is 18.9 Å². The molecule has 156 valence electrons. The van der Waals surface area contributed by atoms with Gasteiger partial charge in [0.15, 0.2) is 0 Å². The van der Waals surface area contributed by atoms with Gasteiger partial charge in [0.1, 0.15) is 18.9 Å². The Hall–Kier alpha value is -3.05. The molecule has 1 fully saturated rings. The van der Waals surface area contributed by atoms with Gasteiger partial charge in [0.05, 0.1) is 30.6 Å². The van der Waals surface area contributed by atoms with Crippen molar-refractivity contribution < 1.29 is 13.2 Å². The second-order valence-corrected chi connectivity index (χ2v) is 7.67. The van der Waals surface area contributed by atoms with Crippen LogP contribution in [0.15, 0.2) is 59.8 Å². The molecule has 0 spiro atoms. The number of aromatic nitrogens is 1. The van der Waals surface area contributed by atoms with Crippen LogP contribution >= 0.6 is 0 Å². The Morgan fingerprint density at radius 2 is 1.57 bits per heavy atom. The molecule has 0 radical (unpaired) electrons. The third-order valence-electron chi connectivity index (χ3n) is 5.76. The van der Waals surface area contributed by atoms with Crippen LogP contribution in [0.3, 0.4) is 0 Å². The molecule has 2 aliphatic rings. The van der Waals surface area contributed by atoms with Gasteiger partial charge in [0.25, 0.3) is 0 Å². The fraction of sp³-hybridized carbons (Fsp3) is 0.348. The lowest BCUT2D eigenvalue weighted by atomic mass is 10.0. The summed E-state index contributed by atoms with van der Waals surface area (Å²) in [6.07, 6.45) is -2.65. The number of halogens is 3. The lowest BCUT2D eigenvalue weighted by Gasteiger charge is -2.31. The average molecular weight is 413 g/mol. The zero-order valence-corrected chi connectivity index (χ0v) is 17.1. The third kappa shape index (κ3) is 4.12. The quantitative estimate of drug-likeness (QED) is 0.720. The van der Waals surface area contributed by atoms with Crippen LogP contribution in [0.2, 0.25) is 0 Å². The fourth-order valence-electron chi connectivity index (χ4n) is 3.84. The molecule has 3 heterocycles. The van der Waals surface area contributed by atoms with E-state index in [9.17, 15) is 13.2 Å². The van der Waals surface area contributed by atoms with Gasteiger partial charge in [-0.3, -0.25) is 0 Å². The maximum Gasteiger partial charge on any atom is 0.417 e. The number of anilines is 1. The molecule has 0 saturated carbocycles. The largest absolute Gasteiger partial charge is 0.417 e. The molecule has 30 heavy (non-hydrogen) atoms. The van der Waals surface area contributed by atoms with Crippen molar-refractivity contribution in [1.82, 2.24) is 14.6 Å². The summed E-state index contributed by atoms with van der Waals surface area (Å²) in [6.45, 7) is 7.12. The lowest BCUT2D eigenvalue weighted by Crippen LogP contribution is -2.49. The molecule has 1 aromatic heterocycles. The van der Waals surface area contributed by atoms with Crippen molar-refractivity contribution in [2.75, 3.05) is 31.1 Å². The van der Waals surface area contributed by atoms with E-state index in [-0.39, 0.29) is 0 Å². The first-order chi connectivity index (χ1) is 14.3. The highest BCUT2D eigenvalue weighted by atomic mass is 19.4. The van der Waals surface area contributed by atoms with Gasteiger partial charge in [-0.15, -0.1) is 0 Å². The Morgan fingerprint density at radius 1 is 0.900 bits per heavy atom. The average Bonchev–Trinajstić information content (AvgIpc) is 3.03. The van der Waals surface area contributed by atoms with Crippen LogP contribution in [-0.2, 0) is 12.6 Å². The Labute approximate surface area is 174 Å². The zero-order chi connectivity index (χ0) is 21.3. The number of piperazine rings is 1. The van der Waals surface area contributed by atoms with E-state index in [1.807, 2.05) is 23.1 Å². The van der Waals surface area contributed by atoms with Crippen molar-refractivity contribution in [2.24, 2.45) is 0 Å². The van der Waals surface area contributed by atoms with Gasteiger partial charge < -0.3 is 4.90 Å². The topological polar surface area (TPSA) is 33.5 Å². The molecule has 2 aliphatic heterocycles. The monoisotopic (exact) mass is 413 g/mol. The van der Waals surface area contributed by atoms with Crippen molar-refractivity contribution in [2.45, 2.75) is 26.4 Å². The molecule has 0 atom stereocenters. The van der Waals surface area contributed by atoms with E-state index in [0.717, 1.165) is 43.3 Å². The Kier molecular flexibility index (Phi) is 5.39. The third-order valence-corrected chi connectivity index (χ3v) is 5.76. The molecule has 4 rings (SSSR count). The van der Waals surface area contributed by atoms with Crippen LogP contribution in [0.1, 0.15) is 25.0 Å².